The van der Waals surface area contributed by atoms with E-state index in [9.17, 15) is 14.4 Å². The zero-order chi connectivity index (χ0) is 35.8. The topological polar surface area (TPSA) is 138 Å². The number of benzene rings is 2. The van der Waals surface area contributed by atoms with Gasteiger partial charge in [0.25, 0.3) is 17.7 Å². The van der Waals surface area contributed by atoms with E-state index in [-0.39, 0.29) is 30.2 Å². The lowest BCUT2D eigenvalue weighted by Crippen LogP contribution is -2.55. The number of likely N-dealkylation sites (tertiary alicyclic amines) is 1. The molecule has 12 heteroatoms. The van der Waals surface area contributed by atoms with Crippen LogP contribution in [0.15, 0.2) is 102 Å². The first-order valence-corrected chi connectivity index (χ1v) is 17.1. The SMILES string of the molecule is C=C(C(=O)N(C)Cc1ccccc1)C(C)N(C)C1COC1.CCN1C(=O)C(NC(=O)c2ccn(C3CC3)n2)C/C(=C/N)C1=Nc1ccccc1. The summed E-state index contributed by atoms with van der Waals surface area (Å²) in [6.07, 6.45) is 5.72. The molecule has 3 aromatic rings. The molecule has 0 spiro atoms. The minimum absolute atomic E-state index is 0.00144. The summed E-state index contributed by atoms with van der Waals surface area (Å²) in [6, 6.07) is 21.2. The molecule has 1 aliphatic carbocycles. The largest absolute Gasteiger partial charge is 0.404 e. The third-order valence-corrected chi connectivity index (χ3v) is 9.30. The van der Waals surface area contributed by atoms with Crippen LogP contribution in [-0.2, 0) is 20.9 Å². The molecule has 2 aromatic carbocycles. The van der Waals surface area contributed by atoms with Gasteiger partial charge in [-0.25, -0.2) is 4.99 Å². The number of nitrogens with two attached hydrogens (primary N) is 1. The number of rotatable bonds is 11. The maximum atomic E-state index is 13.0. The molecule has 1 aromatic heterocycles. The van der Waals surface area contributed by atoms with Crippen molar-refractivity contribution in [1.29, 1.82) is 0 Å². The van der Waals surface area contributed by atoms with Gasteiger partial charge in [0.05, 0.1) is 31.0 Å². The highest BCUT2D eigenvalue weighted by Crippen LogP contribution is 2.34. The first kappa shape index (κ1) is 36.2. The van der Waals surface area contributed by atoms with Gasteiger partial charge in [0.15, 0.2) is 0 Å². The van der Waals surface area contributed by atoms with E-state index in [0.29, 0.717) is 47.8 Å². The van der Waals surface area contributed by atoms with E-state index < -0.39 is 6.04 Å². The number of amidine groups is 1. The summed E-state index contributed by atoms with van der Waals surface area (Å²) in [5, 5.41) is 7.14. The van der Waals surface area contributed by atoms with E-state index in [1.165, 1.54) is 6.20 Å². The second-order valence-electron chi connectivity index (χ2n) is 12.9. The number of aliphatic imine (C=N–C) groups is 1. The minimum atomic E-state index is -0.710. The summed E-state index contributed by atoms with van der Waals surface area (Å²) in [5.41, 5.74) is 9.36. The molecule has 2 aliphatic heterocycles. The second kappa shape index (κ2) is 16.6. The van der Waals surface area contributed by atoms with Gasteiger partial charge in [-0.3, -0.25) is 28.9 Å². The van der Waals surface area contributed by atoms with Crippen LogP contribution in [0.2, 0.25) is 0 Å². The van der Waals surface area contributed by atoms with Gasteiger partial charge in [0.2, 0.25) is 0 Å². The Morgan fingerprint density at radius 1 is 1.10 bits per heavy atom. The maximum Gasteiger partial charge on any atom is 0.272 e. The Kier molecular flexibility index (Phi) is 12.0. The van der Waals surface area contributed by atoms with E-state index in [1.54, 1.807) is 15.9 Å². The van der Waals surface area contributed by atoms with Crippen molar-refractivity contribution in [2.24, 2.45) is 10.7 Å². The molecule has 0 radical (unpaired) electrons. The molecule has 2 unspecified atom stereocenters. The number of piperidine rings is 1. The highest BCUT2D eigenvalue weighted by molar-refractivity contribution is 6.13. The van der Waals surface area contributed by atoms with E-state index in [2.05, 4.69) is 26.9 Å². The molecule has 1 saturated carbocycles. The molecular formula is C38H48N8O4. The van der Waals surface area contributed by atoms with Gasteiger partial charge in [-0.2, -0.15) is 5.10 Å². The third kappa shape index (κ3) is 8.74. The first-order valence-electron chi connectivity index (χ1n) is 17.1. The summed E-state index contributed by atoms with van der Waals surface area (Å²) < 4.78 is 7.02. The molecule has 3 N–H and O–H groups in total. The zero-order valence-electron chi connectivity index (χ0n) is 29.4. The van der Waals surface area contributed by atoms with Crippen molar-refractivity contribution < 1.29 is 19.1 Å². The quantitative estimate of drug-likeness (QED) is 0.292. The molecule has 12 nitrogen and oxygen atoms in total. The average molecular weight is 681 g/mol. The molecule has 0 bridgehead atoms. The van der Waals surface area contributed by atoms with Crippen LogP contribution in [0.3, 0.4) is 0 Å². The highest BCUT2D eigenvalue weighted by atomic mass is 16.5. The molecule has 2 atom stereocenters. The molecular weight excluding hydrogens is 632 g/mol. The van der Waals surface area contributed by atoms with Crippen molar-refractivity contribution in [2.45, 2.75) is 63.8 Å². The van der Waals surface area contributed by atoms with E-state index in [4.69, 9.17) is 10.5 Å². The molecule has 264 valence electrons. The van der Waals surface area contributed by atoms with Gasteiger partial charge in [0, 0.05) is 56.1 Å². The van der Waals surface area contributed by atoms with Crippen molar-refractivity contribution in [3.05, 3.63) is 108 Å². The number of ether oxygens (including phenoxy) is 1. The number of hydrogen-bond acceptors (Lipinski definition) is 8. The number of nitrogens with zero attached hydrogens (tertiary/aromatic N) is 6. The Hall–Kier alpha value is -5.07. The first-order chi connectivity index (χ1) is 24.1. The summed E-state index contributed by atoms with van der Waals surface area (Å²) in [6.45, 7) is 10.4. The van der Waals surface area contributed by atoms with Crippen LogP contribution >= 0.6 is 0 Å². The normalized spacial score (nSPS) is 19.8. The summed E-state index contributed by atoms with van der Waals surface area (Å²) in [5.74, 6) is -0.0467. The number of aromatic nitrogens is 2. The Bertz CT molecular complexity index is 1710. The number of nitrogens with one attached hydrogen (secondary N) is 1. The van der Waals surface area contributed by atoms with Gasteiger partial charge in [-0.05, 0) is 57.5 Å². The lowest BCUT2D eigenvalue weighted by atomic mass is 9.98. The average Bonchev–Trinajstić information content (AvgIpc) is 3.84. The molecule has 3 amide bonds. The lowest BCUT2D eigenvalue weighted by Gasteiger charge is -2.39. The fourth-order valence-corrected chi connectivity index (χ4v) is 5.79. The third-order valence-electron chi connectivity index (χ3n) is 9.30. The smallest absolute Gasteiger partial charge is 0.272 e. The molecule has 3 fully saturated rings. The summed E-state index contributed by atoms with van der Waals surface area (Å²) in [4.78, 5) is 48.2. The monoisotopic (exact) mass is 680 g/mol. The van der Waals surface area contributed by atoms with Crippen molar-refractivity contribution >= 4 is 29.2 Å². The number of para-hydroxylation sites is 1. The van der Waals surface area contributed by atoms with Crippen LogP contribution in [0.1, 0.15) is 55.2 Å². The van der Waals surface area contributed by atoms with Gasteiger partial charge in [0.1, 0.15) is 17.6 Å². The van der Waals surface area contributed by atoms with Crippen LogP contribution in [0.25, 0.3) is 0 Å². The minimum Gasteiger partial charge on any atom is -0.404 e. The number of carbonyl (C=O) groups excluding carboxylic acids is 3. The molecule has 2 saturated heterocycles. The number of likely N-dealkylation sites (N-methyl/N-ethyl adjacent to an activating group) is 3. The van der Waals surface area contributed by atoms with E-state index >= 15 is 0 Å². The summed E-state index contributed by atoms with van der Waals surface area (Å²) >= 11 is 0. The Morgan fingerprint density at radius 3 is 2.34 bits per heavy atom. The van der Waals surface area contributed by atoms with Crippen LogP contribution in [0, 0.1) is 0 Å². The van der Waals surface area contributed by atoms with Crippen molar-refractivity contribution in [2.75, 3.05) is 33.9 Å². The van der Waals surface area contributed by atoms with Crippen LogP contribution in [0.4, 0.5) is 5.69 Å². The van der Waals surface area contributed by atoms with E-state index in [1.807, 2.05) is 99.5 Å². The molecule has 50 heavy (non-hydrogen) atoms. The predicted octanol–water partition coefficient (Wildman–Crippen LogP) is 4.06. The van der Waals surface area contributed by atoms with Crippen molar-refractivity contribution in [1.82, 2.24) is 29.8 Å². The summed E-state index contributed by atoms with van der Waals surface area (Å²) in [7, 11) is 3.84. The zero-order valence-corrected chi connectivity index (χ0v) is 29.4. The number of amides is 3. The van der Waals surface area contributed by atoms with Crippen molar-refractivity contribution in [3.8, 4) is 0 Å². The second-order valence-corrected chi connectivity index (χ2v) is 12.9. The van der Waals surface area contributed by atoms with E-state index in [0.717, 1.165) is 37.3 Å². The standard InChI is InChI=1S/C21H24N6O2.C17H24N2O2/c1-2-26-19(23-15-6-4-3-5-7-15)14(13-22)12-18(21(26)29)24-20(28)17-10-11-27(25-17)16-8-9-16;1-13(14(2)19(4)16-11-21-12-16)17(20)18(3)10-15-8-6-5-7-9-15/h3-7,10-11,13,16,18H,2,8-9,12,22H2,1H3,(H,24,28);5-9,14,16H,1,10-12H2,2-4H3/b14-13-,23-19?;. The van der Waals surface area contributed by atoms with Crippen LogP contribution in [0.5, 0.6) is 0 Å². The Balaban J connectivity index is 0.000000205. The highest BCUT2D eigenvalue weighted by Gasteiger charge is 2.37. The van der Waals surface area contributed by atoms with Crippen LogP contribution in [-0.4, -0.2) is 100 Å². The number of carbonyl (C=O) groups is 3. The fraction of sp³-hybridized carbons (Fsp3) is 0.395. The molecule has 6 rings (SSSR count). The van der Waals surface area contributed by atoms with Gasteiger partial charge < -0.3 is 20.7 Å². The number of hydrogen-bond donors (Lipinski definition) is 2. The van der Waals surface area contributed by atoms with Gasteiger partial charge in [-0.1, -0.05) is 55.1 Å². The fourth-order valence-electron chi connectivity index (χ4n) is 5.79. The van der Waals surface area contributed by atoms with Gasteiger partial charge in [-0.15, -0.1) is 0 Å². The maximum absolute atomic E-state index is 13.0. The van der Waals surface area contributed by atoms with Crippen molar-refractivity contribution in [3.63, 3.8) is 0 Å². The van der Waals surface area contributed by atoms with Crippen LogP contribution < -0.4 is 11.1 Å². The predicted molar refractivity (Wildman–Crippen MR) is 193 cm³/mol. The Labute approximate surface area is 294 Å². The lowest BCUT2D eigenvalue weighted by molar-refractivity contribution is -0.130. The Morgan fingerprint density at radius 2 is 1.76 bits per heavy atom. The molecule has 3 aliphatic rings. The molecule has 3 heterocycles. The van der Waals surface area contributed by atoms with Gasteiger partial charge >= 0.3 is 0 Å².